The molecule has 11 nitrogen and oxygen atoms in total. The molecule has 0 saturated carbocycles. The lowest BCUT2D eigenvalue weighted by atomic mass is 10.1. The first-order chi connectivity index (χ1) is 19.7. The lowest BCUT2D eigenvalue weighted by Gasteiger charge is -2.24. The van der Waals surface area contributed by atoms with Crippen molar-refractivity contribution in [2.45, 2.75) is 32.5 Å². The maximum absolute atomic E-state index is 12.9. The highest BCUT2D eigenvalue weighted by atomic mass is 35.5. The van der Waals surface area contributed by atoms with E-state index in [2.05, 4.69) is 25.9 Å². The summed E-state index contributed by atoms with van der Waals surface area (Å²) in [5.41, 5.74) is 2.70. The summed E-state index contributed by atoms with van der Waals surface area (Å²) < 4.78 is 5.81. The van der Waals surface area contributed by atoms with Gasteiger partial charge in [0.15, 0.2) is 5.82 Å². The SMILES string of the molecule is Cc1ccc2cc1OCCNC(=O)CN(Cc1cnc(-c3ccc(Cl)cc3)nc1)CCNC(=O)[C@H]([C@@H](C)O)NC2=O. The molecule has 0 saturated heterocycles. The third-order valence-corrected chi connectivity index (χ3v) is 6.74. The van der Waals surface area contributed by atoms with Crippen LogP contribution in [0.5, 0.6) is 5.75 Å². The zero-order valence-corrected chi connectivity index (χ0v) is 23.6. The van der Waals surface area contributed by atoms with Gasteiger partial charge in [0.1, 0.15) is 18.4 Å². The van der Waals surface area contributed by atoms with Crippen LogP contribution in [0.3, 0.4) is 0 Å². The number of hydrogen-bond acceptors (Lipinski definition) is 8. The Morgan fingerprint density at radius 1 is 1.05 bits per heavy atom. The van der Waals surface area contributed by atoms with E-state index in [1.54, 1.807) is 42.7 Å². The molecule has 4 N–H and O–H groups in total. The maximum Gasteiger partial charge on any atom is 0.252 e. The summed E-state index contributed by atoms with van der Waals surface area (Å²) in [5.74, 6) is -0.241. The van der Waals surface area contributed by atoms with Gasteiger partial charge in [-0.05, 0) is 55.8 Å². The molecule has 216 valence electrons. The summed E-state index contributed by atoms with van der Waals surface area (Å²) >= 11 is 5.97. The highest BCUT2D eigenvalue weighted by molar-refractivity contribution is 6.30. The van der Waals surface area contributed by atoms with Crippen molar-refractivity contribution in [1.82, 2.24) is 30.8 Å². The number of rotatable bonds is 4. The predicted octanol–water partition coefficient (Wildman–Crippen LogP) is 1.71. The quantitative estimate of drug-likeness (QED) is 0.365. The number of nitrogens with one attached hydrogen (secondary N) is 3. The summed E-state index contributed by atoms with van der Waals surface area (Å²) in [6.07, 6.45) is 2.25. The van der Waals surface area contributed by atoms with Gasteiger partial charge in [0.2, 0.25) is 11.8 Å². The zero-order valence-electron chi connectivity index (χ0n) is 22.9. The molecule has 2 bridgehead atoms. The second kappa shape index (κ2) is 14.0. The monoisotopic (exact) mass is 580 g/mol. The van der Waals surface area contributed by atoms with Crippen molar-refractivity contribution in [1.29, 1.82) is 0 Å². The van der Waals surface area contributed by atoms with Crippen LogP contribution in [-0.4, -0.2) is 82.6 Å². The first-order valence-electron chi connectivity index (χ1n) is 13.3. The Kier molecular flexibility index (Phi) is 10.2. The van der Waals surface area contributed by atoms with Crippen molar-refractivity contribution in [2.24, 2.45) is 0 Å². The Morgan fingerprint density at radius 2 is 1.76 bits per heavy atom. The highest BCUT2D eigenvalue weighted by Crippen LogP contribution is 2.20. The van der Waals surface area contributed by atoms with Crippen LogP contribution in [0.4, 0.5) is 0 Å². The zero-order chi connectivity index (χ0) is 29.4. The molecule has 0 fully saturated rings. The molecule has 1 aliphatic heterocycles. The number of amides is 3. The Labute approximate surface area is 243 Å². The number of aromatic nitrogens is 2. The van der Waals surface area contributed by atoms with Crippen molar-refractivity contribution < 1.29 is 24.2 Å². The lowest BCUT2D eigenvalue weighted by molar-refractivity contribution is -0.125. The molecule has 12 heteroatoms. The molecule has 3 amide bonds. The standard InChI is InChI=1S/C29H33ClN6O5/c1-18-3-4-22-13-24(18)41-12-10-31-25(38)17-36(11-9-32-29(40)26(19(2)37)35-28(22)39)16-20-14-33-27(34-15-20)21-5-7-23(30)8-6-21/h3-8,13-15,19,26,37H,9-12,16-17H2,1-2H3,(H,31,38)(H,32,40)(H,35,39)/t19-,26+/m1/s1. The van der Waals surface area contributed by atoms with E-state index in [0.29, 0.717) is 29.7 Å². The first-order valence-corrected chi connectivity index (χ1v) is 13.6. The van der Waals surface area contributed by atoms with Gasteiger partial charge in [0.05, 0.1) is 19.2 Å². The Morgan fingerprint density at radius 3 is 2.46 bits per heavy atom. The molecule has 41 heavy (non-hydrogen) atoms. The van der Waals surface area contributed by atoms with E-state index in [-0.39, 0.29) is 37.7 Å². The lowest BCUT2D eigenvalue weighted by Crippen LogP contribution is -2.53. The third kappa shape index (κ3) is 8.46. The number of hydrogen-bond donors (Lipinski definition) is 4. The molecular weight excluding hydrogens is 548 g/mol. The molecule has 0 aliphatic carbocycles. The number of nitrogens with zero attached hydrogens (tertiary/aromatic N) is 3. The number of benzene rings is 2. The third-order valence-electron chi connectivity index (χ3n) is 6.49. The smallest absolute Gasteiger partial charge is 0.252 e. The van der Waals surface area contributed by atoms with Gasteiger partial charge in [-0.2, -0.15) is 0 Å². The van der Waals surface area contributed by atoms with E-state index in [0.717, 1.165) is 16.7 Å². The summed E-state index contributed by atoms with van der Waals surface area (Å²) in [4.78, 5) is 49.3. The van der Waals surface area contributed by atoms with E-state index in [9.17, 15) is 19.5 Å². The number of carbonyl (C=O) groups is 3. The fourth-order valence-corrected chi connectivity index (χ4v) is 4.37. The summed E-state index contributed by atoms with van der Waals surface area (Å²) in [5, 5.41) is 19.1. The van der Waals surface area contributed by atoms with Crippen LogP contribution >= 0.6 is 11.6 Å². The Balaban J connectivity index is 1.48. The van der Waals surface area contributed by atoms with Crippen LogP contribution in [0.1, 0.15) is 28.4 Å². The number of carbonyl (C=O) groups excluding carboxylic acids is 3. The fourth-order valence-electron chi connectivity index (χ4n) is 4.24. The molecular formula is C29H33ClN6O5. The van der Waals surface area contributed by atoms with Gasteiger partial charge in [-0.15, -0.1) is 0 Å². The predicted molar refractivity (Wildman–Crippen MR) is 153 cm³/mol. The summed E-state index contributed by atoms with van der Waals surface area (Å²) in [6, 6.07) is 11.0. The van der Waals surface area contributed by atoms with E-state index < -0.39 is 24.0 Å². The topological polar surface area (TPSA) is 146 Å². The van der Waals surface area contributed by atoms with Crippen molar-refractivity contribution >= 4 is 29.3 Å². The molecule has 2 aromatic carbocycles. The second-order valence-electron chi connectivity index (χ2n) is 9.79. The van der Waals surface area contributed by atoms with Crippen molar-refractivity contribution in [2.75, 3.05) is 32.8 Å². The van der Waals surface area contributed by atoms with E-state index in [1.165, 1.54) is 6.92 Å². The second-order valence-corrected chi connectivity index (χ2v) is 10.2. The van der Waals surface area contributed by atoms with Crippen LogP contribution in [-0.2, 0) is 16.1 Å². The number of aliphatic hydroxyl groups is 1. The molecule has 0 radical (unpaired) electrons. The molecule has 1 aliphatic rings. The van der Waals surface area contributed by atoms with Crippen molar-refractivity contribution in [3.05, 3.63) is 76.6 Å². The highest BCUT2D eigenvalue weighted by Gasteiger charge is 2.26. The van der Waals surface area contributed by atoms with Crippen LogP contribution in [0.15, 0.2) is 54.9 Å². The van der Waals surface area contributed by atoms with Crippen LogP contribution < -0.4 is 20.7 Å². The molecule has 3 aromatic rings. The number of halogens is 1. The Bertz CT molecular complexity index is 1370. The van der Waals surface area contributed by atoms with Gasteiger partial charge in [-0.1, -0.05) is 17.7 Å². The number of aryl methyl sites for hydroxylation is 1. The van der Waals surface area contributed by atoms with Crippen molar-refractivity contribution in [3.8, 4) is 17.1 Å². The summed E-state index contributed by atoms with van der Waals surface area (Å²) in [7, 11) is 0. The van der Waals surface area contributed by atoms with Gasteiger partial charge in [0.25, 0.3) is 5.91 Å². The van der Waals surface area contributed by atoms with Crippen LogP contribution in [0.25, 0.3) is 11.4 Å². The van der Waals surface area contributed by atoms with E-state index in [1.807, 2.05) is 24.0 Å². The molecule has 2 atom stereocenters. The van der Waals surface area contributed by atoms with Gasteiger partial charge in [0, 0.05) is 53.7 Å². The van der Waals surface area contributed by atoms with Gasteiger partial charge in [-0.25, -0.2) is 9.97 Å². The largest absolute Gasteiger partial charge is 0.491 e. The average Bonchev–Trinajstić information content (AvgIpc) is 2.95. The van der Waals surface area contributed by atoms with Gasteiger partial charge < -0.3 is 25.8 Å². The van der Waals surface area contributed by atoms with Gasteiger partial charge >= 0.3 is 0 Å². The van der Waals surface area contributed by atoms with E-state index >= 15 is 0 Å². The molecule has 2 heterocycles. The molecule has 4 rings (SSSR count). The minimum absolute atomic E-state index is 0.0554. The minimum Gasteiger partial charge on any atom is -0.491 e. The first kappa shape index (κ1) is 29.9. The average molecular weight is 581 g/mol. The maximum atomic E-state index is 12.9. The fraction of sp³-hybridized carbons (Fsp3) is 0.345. The Hall–Kier alpha value is -4.06. The van der Waals surface area contributed by atoms with Crippen molar-refractivity contribution in [3.63, 3.8) is 0 Å². The normalized spacial score (nSPS) is 18.3. The molecule has 1 aromatic heterocycles. The molecule has 0 unspecified atom stereocenters. The summed E-state index contributed by atoms with van der Waals surface area (Å²) in [6.45, 7) is 4.63. The minimum atomic E-state index is -1.17. The van der Waals surface area contributed by atoms with E-state index in [4.69, 9.17) is 16.3 Å². The molecule has 0 spiro atoms. The van der Waals surface area contributed by atoms with Crippen LogP contribution in [0, 0.1) is 6.92 Å². The number of fused-ring (bicyclic) bond motifs is 2. The van der Waals surface area contributed by atoms with Gasteiger partial charge in [-0.3, -0.25) is 19.3 Å². The number of aliphatic hydroxyl groups excluding tert-OH is 1. The number of ether oxygens (including phenoxy) is 1. The van der Waals surface area contributed by atoms with Crippen LogP contribution in [0.2, 0.25) is 5.02 Å².